The van der Waals surface area contributed by atoms with E-state index in [-0.39, 0.29) is 18.3 Å². The molecule has 1 aromatic rings. The van der Waals surface area contributed by atoms with Gasteiger partial charge in [0.25, 0.3) is 0 Å². The molecule has 0 radical (unpaired) electrons. The maximum atomic E-state index is 6.03. The highest BCUT2D eigenvalue weighted by molar-refractivity contribution is 7.11. The highest BCUT2D eigenvalue weighted by Crippen LogP contribution is 2.36. The minimum atomic E-state index is -0.246. The fourth-order valence-electron chi connectivity index (χ4n) is 1.88. The third-order valence-electron chi connectivity index (χ3n) is 3.70. The van der Waals surface area contributed by atoms with Crippen LogP contribution in [-0.2, 0) is 15.7 Å². The minimum absolute atomic E-state index is 0.207. The lowest BCUT2D eigenvalue weighted by atomic mass is 9.81. The van der Waals surface area contributed by atoms with Crippen molar-refractivity contribution in [2.24, 2.45) is 0 Å². The van der Waals surface area contributed by atoms with Gasteiger partial charge in [-0.25, -0.2) is 0 Å². The average molecular weight is 252 g/mol. The molecular weight excluding hydrogens is 231 g/mol. The van der Waals surface area contributed by atoms with Crippen molar-refractivity contribution in [1.82, 2.24) is 0 Å². The Morgan fingerprint density at radius 1 is 1.18 bits per heavy atom. The van der Waals surface area contributed by atoms with Gasteiger partial charge in [0.15, 0.2) is 0 Å². The largest absolute Gasteiger partial charge is 0.495 e. The van der Waals surface area contributed by atoms with Gasteiger partial charge < -0.3 is 9.31 Å². The molecule has 17 heavy (non-hydrogen) atoms. The Kier molecular flexibility index (Phi) is 3.41. The lowest BCUT2D eigenvalue weighted by Crippen LogP contribution is -2.41. The summed E-state index contributed by atoms with van der Waals surface area (Å²) in [4.78, 5) is 1.41. The zero-order valence-corrected chi connectivity index (χ0v) is 12.2. The monoisotopic (exact) mass is 252 g/mol. The topological polar surface area (TPSA) is 18.5 Å². The Morgan fingerprint density at radius 2 is 1.76 bits per heavy atom. The van der Waals surface area contributed by atoms with Gasteiger partial charge in [-0.2, -0.15) is 0 Å². The van der Waals surface area contributed by atoms with E-state index in [4.69, 9.17) is 9.31 Å². The first-order valence-electron chi connectivity index (χ1n) is 6.28. The van der Waals surface area contributed by atoms with Gasteiger partial charge in [-0.3, -0.25) is 0 Å². The lowest BCUT2D eigenvalue weighted by molar-refractivity contribution is 0.00578. The molecule has 0 aromatic carbocycles. The Bertz CT molecular complexity index is 382. The Morgan fingerprint density at radius 3 is 2.29 bits per heavy atom. The van der Waals surface area contributed by atoms with Gasteiger partial charge in [-0.15, -0.1) is 11.3 Å². The molecule has 0 N–H and O–H groups in total. The lowest BCUT2D eigenvalue weighted by Gasteiger charge is -2.32. The summed E-state index contributed by atoms with van der Waals surface area (Å²) in [6.45, 7) is 10.6. The molecule has 0 amide bonds. The molecule has 2 rings (SSSR count). The molecule has 2 heterocycles. The van der Waals surface area contributed by atoms with Crippen molar-refractivity contribution in [2.75, 3.05) is 0 Å². The second-order valence-corrected chi connectivity index (χ2v) is 6.68. The standard InChI is InChI=1S/C13H21BO2S/c1-6-7-11-8-10(9-17-11)14-15-12(2,3)13(4,5)16-14/h8-9H,6-7H2,1-5H3. The van der Waals surface area contributed by atoms with E-state index < -0.39 is 0 Å². The van der Waals surface area contributed by atoms with Crippen molar-refractivity contribution in [3.63, 3.8) is 0 Å². The summed E-state index contributed by atoms with van der Waals surface area (Å²) >= 11 is 1.80. The number of hydrogen-bond acceptors (Lipinski definition) is 3. The number of rotatable bonds is 3. The highest BCUT2D eigenvalue weighted by Gasteiger charge is 2.51. The van der Waals surface area contributed by atoms with E-state index in [0.717, 1.165) is 11.9 Å². The molecule has 0 spiro atoms. The number of thiophene rings is 1. The third-order valence-corrected chi connectivity index (χ3v) is 4.71. The fraction of sp³-hybridized carbons (Fsp3) is 0.692. The van der Waals surface area contributed by atoms with Crippen LogP contribution in [0.25, 0.3) is 0 Å². The Hall–Kier alpha value is -0.315. The van der Waals surface area contributed by atoms with Crippen LogP contribution in [0.4, 0.5) is 0 Å². The van der Waals surface area contributed by atoms with Crippen LogP contribution in [-0.4, -0.2) is 18.3 Å². The van der Waals surface area contributed by atoms with Crippen molar-refractivity contribution in [3.8, 4) is 0 Å². The van der Waals surface area contributed by atoms with Crippen molar-refractivity contribution >= 4 is 23.9 Å². The van der Waals surface area contributed by atoms with Crippen LogP contribution in [0.5, 0.6) is 0 Å². The fourth-order valence-corrected chi connectivity index (χ4v) is 2.87. The molecule has 0 bridgehead atoms. The molecular formula is C13H21BO2S. The van der Waals surface area contributed by atoms with Gasteiger partial charge >= 0.3 is 7.12 Å². The second-order valence-electron chi connectivity index (χ2n) is 5.68. The van der Waals surface area contributed by atoms with Crippen LogP contribution >= 0.6 is 11.3 Å². The van der Waals surface area contributed by atoms with Gasteiger partial charge in [-0.1, -0.05) is 13.3 Å². The normalized spacial score (nSPS) is 22.1. The molecule has 0 saturated carbocycles. The molecule has 1 aliphatic heterocycles. The van der Waals surface area contributed by atoms with Gasteiger partial charge in [0.05, 0.1) is 11.2 Å². The summed E-state index contributed by atoms with van der Waals surface area (Å²) in [5.74, 6) is 0. The van der Waals surface area contributed by atoms with E-state index in [2.05, 4.69) is 46.1 Å². The van der Waals surface area contributed by atoms with Crippen molar-refractivity contribution in [1.29, 1.82) is 0 Å². The molecule has 0 unspecified atom stereocenters. The summed E-state index contributed by atoms with van der Waals surface area (Å²) in [5, 5.41) is 2.16. The van der Waals surface area contributed by atoms with Crippen LogP contribution in [0.15, 0.2) is 11.4 Å². The van der Waals surface area contributed by atoms with Crippen molar-refractivity contribution in [3.05, 3.63) is 16.3 Å². The van der Waals surface area contributed by atoms with E-state index >= 15 is 0 Å². The Labute approximate surface area is 108 Å². The summed E-state index contributed by atoms with van der Waals surface area (Å²) in [7, 11) is -0.207. The molecule has 1 aliphatic rings. The van der Waals surface area contributed by atoms with E-state index in [0.29, 0.717) is 0 Å². The Balaban J connectivity index is 2.14. The van der Waals surface area contributed by atoms with Gasteiger partial charge in [-0.05, 0) is 51.0 Å². The van der Waals surface area contributed by atoms with Crippen LogP contribution in [0.1, 0.15) is 45.9 Å². The molecule has 1 fully saturated rings. The van der Waals surface area contributed by atoms with Crippen LogP contribution in [0.2, 0.25) is 0 Å². The average Bonchev–Trinajstić information content (AvgIpc) is 2.71. The van der Waals surface area contributed by atoms with Crippen molar-refractivity contribution < 1.29 is 9.31 Å². The smallest absolute Gasteiger partial charge is 0.399 e. The van der Waals surface area contributed by atoms with Crippen molar-refractivity contribution in [2.45, 2.75) is 58.7 Å². The predicted molar refractivity (Wildman–Crippen MR) is 74.0 cm³/mol. The summed E-state index contributed by atoms with van der Waals surface area (Å²) in [6, 6.07) is 2.22. The maximum absolute atomic E-state index is 6.03. The quantitative estimate of drug-likeness (QED) is 0.770. The first kappa shape index (κ1) is 13.1. The van der Waals surface area contributed by atoms with Crippen LogP contribution in [0.3, 0.4) is 0 Å². The van der Waals surface area contributed by atoms with E-state index in [1.165, 1.54) is 11.3 Å². The summed E-state index contributed by atoms with van der Waals surface area (Å²) in [6.07, 6.45) is 2.33. The van der Waals surface area contributed by atoms with Gasteiger partial charge in [0.1, 0.15) is 0 Å². The van der Waals surface area contributed by atoms with Gasteiger partial charge in [0, 0.05) is 4.88 Å². The zero-order valence-electron chi connectivity index (χ0n) is 11.4. The van der Waals surface area contributed by atoms with Crippen LogP contribution < -0.4 is 5.46 Å². The zero-order chi connectivity index (χ0) is 12.7. The maximum Gasteiger partial charge on any atom is 0.495 e. The molecule has 2 nitrogen and oxygen atoms in total. The predicted octanol–water partition coefficient (Wildman–Crippen LogP) is 3.00. The van der Waals surface area contributed by atoms with Crippen LogP contribution in [0, 0.1) is 0 Å². The molecule has 1 aromatic heterocycles. The molecule has 94 valence electrons. The van der Waals surface area contributed by atoms with Gasteiger partial charge in [0.2, 0.25) is 0 Å². The number of aryl methyl sites for hydroxylation is 1. The SMILES string of the molecule is CCCc1cc(B2OC(C)(C)C(C)(C)O2)cs1. The molecule has 0 atom stereocenters. The third kappa shape index (κ3) is 2.44. The first-order valence-corrected chi connectivity index (χ1v) is 7.16. The molecule has 4 heteroatoms. The van der Waals surface area contributed by atoms with E-state index in [9.17, 15) is 0 Å². The molecule has 0 aliphatic carbocycles. The summed E-state index contributed by atoms with van der Waals surface area (Å²) < 4.78 is 12.1. The minimum Gasteiger partial charge on any atom is -0.399 e. The van der Waals surface area contributed by atoms with E-state index in [1.54, 1.807) is 11.3 Å². The number of hydrogen-bond donors (Lipinski definition) is 0. The first-order chi connectivity index (χ1) is 7.86. The molecule has 1 saturated heterocycles. The summed E-state index contributed by atoms with van der Waals surface area (Å²) in [5.41, 5.74) is 0.673. The van der Waals surface area contributed by atoms with E-state index in [1.807, 2.05) is 0 Å². The second kappa shape index (κ2) is 4.41. The highest BCUT2D eigenvalue weighted by atomic mass is 32.1.